The number of ether oxygens (including phenoxy) is 2. The first kappa shape index (κ1) is 13.2. The lowest BCUT2D eigenvalue weighted by molar-refractivity contribution is -0.0735. The van der Waals surface area contributed by atoms with Crippen LogP contribution in [-0.4, -0.2) is 65.6 Å². The number of hydrogen-bond donors (Lipinski definition) is 4. The number of carbonyl (C=O) groups is 1. The number of methoxy groups -OCH3 is 1. The molecule has 1 unspecified atom stereocenters. The molecular formula is C10H17N3O5. The minimum absolute atomic E-state index is 0.351. The number of rotatable bonds is 3. The highest BCUT2D eigenvalue weighted by Gasteiger charge is 2.47. The molecule has 0 aromatic rings. The van der Waals surface area contributed by atoms with Crippen molar-refractivity contribution in [2.24, 2.45) is 5.73 Å². The molecule has 1 fully saturated rings. The molecule has 2 heterocycles. The molecule has 2 rings (SSSR count). The second-order valence-corrected chi connectivity index (χ2v) is 4.16. The molecule has 0 aromatic heterocycles. The lowest BCUT2D eigenvalue weighted by Crippen LogP contribution is -2.55. The molecule has 0 bridgehead atoms. The molecule has 0 aromatic carbocycles. The summed E-state index contributed by atoms with van der Waals surface area (Å²) in [6.45, 7) is -0.351. The number of nitrogens with zero attached hydrogens (tertiary/aromatic N) is 1. The topological polar surface area (TPSA) is 117 Å². The van der Waals surface area contributed by atoms with Crippen molar-refractivity contribution in [3.05, 3.63) is 12.3 Å². The first-order chi connectivity index (χ1) is 8.58. The van der Waals surface area contributed by atoms with Gasteiger partial charge in [0.1, 0.15) is 18.3 Å². The van der Waals surface area contributed by atoms with E-state index in [-0.39, 0.29) is 6.61 Å². The van der Waals surface area contributed by atoms with Gasteiger partial charge in [-0.3, -0.25) is 4.90 Å². The highest BCUT2D eigenvalue weighted by atomic mass is 16.6. The number of carbonyl (C=O) groups excluding carboxylic acids is 1. The number of amides is 2. The van der Waals surface area contributed by atoms with Crippen molar-refractivity contribution in [2.45, 2.75) is 30.7 Å². The molecule has 8 nitrogen and oxygen atoms in total. The van der Waals surface area contributed by atoms with Gasteiger partial charge >= 0.3 is 6.03 Å². The van der Waals surface area contributed by atoms with E-state index in [1.807, 2.05) is 0 Å². The largest absolute Gasteiger partial charge is 0.394 e. The average Bonchev–Trinajstić information content (AvgIpc) is 2.65. The van der Waals surface area contributed by atoms with E-state index >= 15 is 0 Å². The van der Waals surface area contributed by atoms with E-state index in [2.05, 4.69) is 5.32 Å². The van der Waals surface area contributed by atoms with Gasteiger partial charge in [0, 0.05) is 13.3 Å². The Bertz CT molecular complexity index is 350. The standard InChI is InChI=1S/C10H17N3O5/c1-17-8-7(15)5(4-14)18-9(8)13-3-2-6(11)12-10(13)16/h2-3,5-9,14-15H,4,11H2,1H3,(H,12,16)/t5-,6?,7-,8-,9-/m1/s1. The summed E-state index contributed by atoms with van der Waals surface area (Å²) in [5.41, 5.74) is 5.53. The molecule has 102 valence electrons. The molecule has 8 heteroatoms. The molecule has 0 radical (unpaired) electrons. The van der Waals surface area contributed by atoms with Crippen LogP contribution in [0.5, 0.6) is 0 Å². The molecule has 0 spiro atoms. The Morgan fingerprint density at radius 1 is 1.67 bits per heavy atom. The fourth-order valence-corrected chi connectivity index (χ4v) is 2.07. The highest BCUT2D eigenvalue weighted by Crippen LogP contribution is 2.27. The second kappa shape index (κ2) is 5.21. The first-order valence-electron chi connectivity index (χ1n) is 5.58. The maximum absolute atomic E-state index is 11.8. The summed E-state index contributed by atoms with van der Waals surface area (Å²) in [6.07, 6.45) is -0.797. The van der Waals surface area contributed by atoms with Gasteiger partial charge in [-0.15, -0.1) is 0 Å². The van der Waals surface area contributed by atoms with Crippen LogP contribution in [0.1, 0.15) is 0 Å². The van der Waals surface area contributed by atoms with Crippen molar-refractivity contribution >= 4 is 6.03 Å². The van der Waals surface area contributed by atoms with Crippen LogP contribution in [0.3, 0.4) is 0 Å². The predicted octanol–water partition coefficient (Wildman–Crippen LogP) is -2.10. The molecule has 2 aliphatic rings. The van der Waals surface area contributed by atoms with Crippen molar-refractivity contribution in [1.29, 1.82) is 0 Å². The van der Waals surface area contributed by atoms with E-state index in [9.17, 15) is 9.90 Å². The summed E-state index contributed by atoms with van der Waals surface area (Å²) in [5.74, 6) is 0. The lowest BCUT2D eigenvalue weighted by Gasteiger charge is -2.32. The molecule has 18 heavy (non-hydrogen) atoms. The normalized spacial score (nSPS) is 40.1. The van der Waals surface area contributed by atoms with E-state index in [0.29, 0.717) is 0 Å². The van der Waals surface area contributed by atoms with E-state index in [4.69, 9.17) is 20.3 Å². The number of nitrogens with one attached hydrogen (secondary N) is 1. The molecule has 2 aliphatic heterocycles. The van der Waals surface area contributed by atoms with Crippen molar-refractivity contribution in [1.82, 2.24) is 10.2 Å². The first-order valence-corrected chi connectivity index (χ1v) is 5.58. The van der Waals surface area contributed by atoms with E-state index in [0.717, 1.165) is 0 Å². The van der Waals surface area contributed by atoms with Crippen molar-refractivity contribution in [2.75, 3.05) is 13.7 Å². The molecule has 5 atom stereocenters. The zero-order valence-electron chi connectivity index (χ0n) is 9.89. The third-order valence-electron chi connectivity index (χ3n) is 3.02. The van der Waals surface area contributed by atoms with Crippen molar-refractivity contribution in [3.63, 3.8) is 0 Å². The quantitative estimate of drug-likeness (QED) is 0.461. The number of nitrogens with two attached hydrogens (primary N) is 1. The second-order valence-electron chi connectivity index (χ2n) is 4.16. The molecule has 1 saturated heterocycles. The van der Waals surface area contributed by atoms with Crippen LogP contribution in [0.15, 0.2) is 12.3 Å². The lowest BCUT2D eigenvalue weighted by atomic mass is 10.1. The third-order valence-corrected chi connectivity index (χ3v) is 3.02. The molecule has 0 aliphatic carbocycles. The Morgan fingerprint density at radius 3 is 2.94 bits per heavy atom. The molecular weight excluding hydrogens is 242 g/mol. The average molecular weight is 259 g/mol. The van der Waals surface area contributed by atoms with E-state index in [1.165, 1.54) is 18.2 Å². The Labute approximate surface area is 104 Å². The summed E-state index contributed by atoms with van der Waals surface area (Å²) in [5, 5.41) is 21.4. The monoisotopic (exact) mass is 259 g/mol. The highest BCUT2D eigenvalue weighted by molar-refractivity contribution is 5.77. The predicted molar refractivity (Wildman–Crippen MR) is 60.0 cm³/mol. The summed E-state index contributed by atoms with van der Waals surface area (Å²) in [7, 11) is 1.40. The van der Waals surface area contributed by atoms with Crippen LogP contribution in [-0.2, 0) is 9.47 Å². The van der Waals surface area contributed by atoms with Crippen LogP contribution < -0.4 is 11.1 Å². The minimum Gasteiger partial charge on any atom is -0.394 e. The maximum atomic E-state index is 11.8. The molecule has 2 amide bonds. The summed E-state index contributed by atoms with van der Waals surface area (Å²) >= 11 is 0. The zero-order valence-corrected chi connectivity index (χ0v) is 9.89. The van der Waals surface area contributed by atoms with Gasteiger partial charge in [-0.2, -0.15) is 0 Å². The Balaban J connectivity index is 2.17. The minimum atomic E-state index is -0.998. The number of urea groups is 1. The number of aliphatic hydroxyl groups excluding tert-OH is 2. The summed E-state index contributed by atoms with van der Waals surface area (Å²) < 4.78 is 10.5. The fraction of sp³-hybridized carbons (Fsp3) is 0.700. The van der Waals surface area contributed by atoms with Crippen LogP contribution in [0.4, 0.5) is 4.79 Å². The Hall–Kier alpha value is -1.19. The van der Waals surface area contributed by atoms with E-state index < -0.39 is 36.7 Å². The Morgan fingerprint density at radius 2 is 2.39 bits per heavy atom. The number of aliphatic hydroxyl groups is 2. The number of hydrogen-bond acceptors (Lipinski definition) is 6. The summed E-state index contributed by atoms with van der Waals surface area (Å²) in [4.78, 5) is 13.0. The maximum Gasteiger partial charge on any atom is 0.325 e. The van der Waals surface area contributed by atoms with Gasteiger partial charge < -0.3 is 30.7 Å². The van der Waals surface area contributed by atoms with Gasteiger partial charge in [-0.05, 0) is 6.08 Å². The van der Waals surface area contributed by atoms with Gasteiger partial charge in [0.05, 0.1) is 12.8 Å². The Kier molecular flexibility index (Phi) is 3.83. The van der Waals surface area contributed by atoms with Gasteiger partial charge in [0.15, 0.2) is 6.23 Å². The van der Waals surface area contributed by atoms with Gasteiger partial charge in [0.2, 0.25) is 0 Å². The van der Waals surface area contributed by atoms with Crippen LogP contribution in [0.2, 0.25) is 0 Å². The van der Waals surface area contributed by atoms with Gasteiger partial charge in [-0.25, -0.2) is 4.79 Å². The third kappa shape index (κ3) is 2.20. The smallest absolute Gasteiger partial charge is 0.325 e. The van der Waals surface area contributed by atoms with Crippen molar-refractivity contribution < 1.29 is 24.5 Å². The van der Waals surface area contributed by atoms with Crippen LogP contribution in [0, 0.1) is 0 Å². The van der Waals surface area contributed by atoms with E-state index in [1.54, 1.807) is 6.08 Å². The zero-order chi connectivity index (χ0) is 13.3. The fourth-order valence-electron chi connectivity index (χ4n) is 2.07. The molecule has 5 N–H and O–H groups in total. The summed E-state index contributed by atoms with van der Waals surface area (Å²) in [6, 6.07) is -0.442. The van der Waals surface area contributed by atoms with Crippen LogP contribution >= 0.6 is 0 Å². The van der Waals surface area contributed by atoms with Gasteiger partial charge in [-0.1, -0.05) is 0 Å². The van der Waals surface area contributed by atoms with Gasteiger partial charge in [0.25, 0.3) is 0 Å². The SMILES string of the molecule is CO[C@@H]1[C@H](O)[C@@H](CO)O[C@H]1N1C=CC(N)NC1=O. The van der Waals surface area contributed by atoms with Crippen LogP contribution in [0.25, 0.3) is 0 Å². The van der Waals surface area contributed by atoms with Crippen molar-refractivity contribution in [3.8, 4) is 0 Å². The molecule has 0 saturated carbocycles.